The first kappa shape index (κ1) is 22.7. The Hall–Kier alpha value is -3.79. The Morgan fingerprint density at radius 2 is 2.08 bits per heavy atom. The normalized spacial score (nSPS) is 16.1. The van der Waals surface area contributed by atoms with E-state index in [4.69, 9.17) is 18.6 Å². The summed E-state index contributed by atoms with van der Waals surface area (Å²) in [6.45, 7) is 4.60. The summed E-state index contributed by atoms with van der Waals surface area (Å²) in [6, 6.07) is 9.98. The molecule has 1 aliphatic heterocycles. The number of imidazole rings is 1. The van der Waals surface area contributed by atoms with Crippen molar-refractivity contribution in [3.8, 4) is 28.1 Å². The Morgan fingerprint density at radius 3 is 2.86 bits per heavy atom. The summed E-state index contributed by atoms with van der Waals surface area (Å²) in [6.07, 6.45) is 6.05. The van der Waals surface area contributed by atoms with Gasteiger partial charge in [0.15, 0.2) is 5.76 Å². The van der Waals surface area contributed by atoms with Gasteiger partial charge in [-0.2, -0.15) is 0 Å². The first-order valence-corrected chi connectivity index (χ1v) is 12.7. The molecule has 0 saturated carbocycles. The van der Waals surface area contributed by atoms with Gasteiger partial charge in [0.25, 0.3) is 5.19 Å². The fraction of sp³-hybridized carbons (Fsp3) is 0.346. The second-order valence-electron chi connectivity index (χ2n) is 9.00. The van der Waals surface area contributed by atoms with Crippen LogP contribution >= 0.6 is 11.3 Å². The van der Waals surface area contributed by atoms with Gasteiger partial charge in [-0.15, -0.1) is 5.10 Å². The molecule has 4 aromatic heterocycles. The third-order valence-corrected chi connectivity index (χ3v) is 7.40. The number of fused-ring (bicyclic) bond motifs is 2. The van der Waals surface area contributed by atoms with Crippen molar-refractivity contribution in [1.82, 2.24) is 19.6 Å². The SMILES string of the molecule is COc1cc(OCC2CCCN(c3ccc(C)nc3)C2)c2cc(-c3cn4nc(OC)sc4n3)oc2c1. The molecular formula is C26H27N5O4S. The second-order valence-corrected chi connectivity index (χ2v) is 9.91. The van der Waals surface area contributed by atoms with Gasteiger partial charge >= 0.3 is 0 Å². The minimum Gasteiger partial charge on any atom is -0.496 e. The van der Waals surface area contributed by atoms with Crippen LogP contribution in [0.5, 0.6) is 16.7 Å². The molecule has 9 nitrogen and oxygen atoms in total. The van der Waals surface area contributed by atoms with Crippen molar-refractivity contribution < 1.29 is 18.6 Å². The highest BCUT2D eigenvalue weighted by Gasteiger charge is 2.22. The zero-order valence-corrected chi connectivity index (χ0v) is 21.2. The Kier molecular flexibility index (Phi) is 5.88. The van der Waals surface area contributed by atoms with E-state index in [1.54, 1.807) is 18.7 Å². The number of furan rings is 1. The quantitative estimate of drug-likeness (QED) is 0.298. The summed E-state index contributed by atoms with van der Waals surface area (Å²) in [7, 11) is 3.24. The molecule has 0 spiro atoms. The molecule has 10 heteroatoms. The van der Waals surface area contributed by atoms with Gasteiger partial charge in [-0.3, -0.25) is 4.98 Å². The highest BCUT2D eigenvalue weighted by molar-refractivity contribution is 7.18. The van der Waals surface area contributed by atoms with Crippen LogP contribution in [0.25, 0.3) is 27.4 Å². The average Bonchev–Trinajstić information content (AvgIpc) is 3.60. The molecule has 0 aliphatic carbocycles. The monoisotopic (exact) mass is 505 g/mol. The van der Waals surface area contributed by atoms with Gasteiger partial charge in [-0.25, -0.2) is 9.50 Å². The average molecular weight is 506 g/mol. The lowest BCUT2D eigenvalue weighted by Crippen LogP contribution is -2.37. The smallest absolute Gasteiger partial charge is 0.294 e. The van der Waals surface area contributed by atoms with E-state index in [9.17, 15) is 0 Å². The number of anilines is 1. The van der Waals surface area contributed by atoms with Gasteiger partial charge in [-0.1, -0.05) is 0 Å². The van der Waals surface area contributed by atoms with Gasteiger partial charge in [-0.05, 0) is 49.3 Å². The largest absolute Gasteiger partial charge is 0.496 e. The zero-order chi connectivity index (χ0) is 24.6. The maximum absolute atomic E-state index is 6.39. The van der Waals surface area contributed by atoms with E-state index in [-0.39, 0.29) is 0 Å². The topological polar surface area (TPSA) is 87.2 Å². The Morgan fingerprint density at radius 1 is 1.17 bits per heavy atom. The number of nitrogens with zero attached hydrogens (tertiary/aromatic N) is 5. The number of piperidine rings is 1. The standard InChI is InChI=1S/C26H27N5O4S/c1-16-6-7-18(12-27-16)30-8-4-5-17(13-30)15-34-22-9-19(32-2)10-23-20(22)11-24(35-23)21-14-31-25(28-21)36-26(29-31)33-3/h6-7,9-12,14,17H,4-5,8,13,15H2,1-3H3. The second kappa shape index (κ2) is 9.34. The first-order valence-electron chi connectivity index (χ1n) is 11.9. The third kappa shape index (κ3) is 4.32. The molecule has 1 saturated heterocycles. The minimum atomic E-state index is 0.411. The molecule has 1 fully saturated rings. The summed E-state index contributed by atoms with van der Waals surface area (Å²) in [5.74, 6) is 2.49. The molecule has 0 N–H and O–H groups in total. The number of aryl methyl sites for hydroxylation is 1. The zero-order valence-electron chi connectivity index (χ0n) is 20.4. The van der Waals surface area contributed by atoms with E-state index < -0.39 is 0 Å². The number of methoxy groups -OCH3 is 2. The van der Waals surface area contributed by atoms with Crippen molar-refractivity contribution in [3.63, 3.8) is 0 Å². The molecule has 1 aromatic carbocycles. The molecule has 6 rings (SSSR count). The Bertz CT molecular complexity index is 1470. The number of benzene rings is 1. The molecule has 5 heterocycles. The fourth-order valence-corrected chi connectivity index (χ4v) is 5.32. The molecule has 0 amide bonds. The first-order chi connectivity index (χ1) is 17.6. The van der Waals surface area contributed by atoms with Crippen molar-refractivity contribution in [3.05, 3.63) is 48.4 Å². The molecule has 5 aromatic rings. The van der Waals surface area contributed by atoms with Crippen LogP contribution in [-0.4, -0.2) is 53.5 Å². The van der Waals surface area contributed by atoms with Crippen LogP contribution in [0.4, 0.5) is 5.69 Å². The molecule has 0 radical (unpaired) electrons. The lowest BCUT2D eigenvalue weighted by molar-refractivity contribution is 0.230. The molecular weight excluding hydrogens is 478 g/mol. The van der Waals surface area contributed by atoms with Crippen LogP contribution in [0, 0.1) is 12.8 Å². The van der Waals surface area contributed by atoms with Crippen LogP contribution in [0.3, 0.4) is 0 Å². The van der Waals surface area contributed by atoms with Crippen molar-refractivity contribution in [2.75, 3.05) is 38.8 Å². The van der Waals surface area contributed by atoms with E-state index in [0.717, 1.165) is 47.7 Å². The summed E-state index contributed by atoms with van der Waals surface area (Å²) in [5, 5.41) is 5.80. The fourth-order valence-electron chi connectivity index (χ4n) is 4.62. The number of ether oxygens (including phenoxy) is 3. The van der Waals surface area contributed by atoms with Crippen LogP contribution in [0.1, 0.15) is 18.5 Å². The number of hydrogen-bond acceptors (Lipinski definition) is 9. The van der Waals surface area contributed by atoms with Gasteiger partial charge in [0.1, 0.15) is 22.8 Å². The number of aromatic nitrogens is 4. The van der Waals surface area contributed by atoms with Crippen molar-refractivity contribution >= 4 is 33.0 Å². The van der Waals surface area contributed by atoms with E-state index in [1.165, 1.54) is 17.0 Å². The number of pyridine rings is 1. The van der Waals surface area contributed by atoms with Crippen LogP contribution in [-0.2, 0) is 0 Å². The van der Waals surface area contributed by atoms with Crippen molar-refractivity contribution in [2.45, 2.75) is 19.8 Å². The van der Waals surface area contributed by atoms with Gasteiger partial charge in [0.05, 0.1) is 44.3 Å². The summed E-state index contributed by atoms with van der Waals surface area (Å²) in [5.41, 5.74) is 3.59. The molecule has 0 bridgehead atoms. The van der Waals surface area contributed by atoms with Crippen LogP contribution in [0.2, 0.25) is 0 Å². The van der Waals surface area contributed by atoms with Crippen molar-refractivity contribution in [2.24, 2.45) is 5.92 Å². The van der Waals surface area contributed by atoms with Crippen LogP contribution in [0.15, 0.2) is 47.1 Å². The number of hydrogen-bond donors (Lipinski definition) is 0. The maximum atomic E-state index is 6.39. The minimum absolute atomic E-state index is 0.411. The van der Waals surface area contributed by atoms with E-state index in [2.05, 4.69) is 32.1 Å². The molecule has 1 unspecified atom stereocenters. The predicted octanol–water partition coefficient (Wildman–Crippen LogP) is 5.22. The molecule has 1 aliphatic rings. The number of rotatable bonds is 7. The van der Waals surface area contributed by atoms with Crippen molar-refractivity contribution in [1.29, 1.82) is 0 Å². The van der Waals surface area contributed by atoms with Crippen LogP contribution < -0.4 is 19.1 Å². The van der Waals surface area contributed by atoms with E-state index in [1.807, 2.05) is 37.5 Å². The predicted molar refractivity (Wildman–Crippen MR) is 139 cm³/mol. The Balaban J connectivity index is 1.23. The highest BCUT2D eigenvalue weighted by Crippen LogP contribution is 2.38. The highest BCUT2D eigenvalue weighted by atomic mass is 32.1. The van der Waals surface area contributed by atoms with Gasteiger partial charge in [0.2, 0.25) is 4.96 Å². The summed E-state index contributed by atoms with van der Waals surface area (Å²) in [4.78, 5) is 12.2. The summed E-state index contributed by atoms with van der Waals surface area (Å²) < 4.78 is 25.0. The van der Waals surface area contributed by atoms with E-state index in [0.29, 0.717) is 40.5 Å². The lowest BCUT2D eigenvalue weighted by Gasteiger charge is -2.34. The van der Waals surface area contributed by atoms with E-state index >= 15 is 0 Å². The van der Waals surface area contributed by atoms with Gasteiger partial charge in [0, 0.05) is 36.8 Å². The lowest BCUT2D eigenvalue weighted by atomic mass is 9.98. The molecule has 186 valence electrons. The third-order valence-electron chi connectivity index (χ3n) is 6.51. The maximum Gasteiger partial charge on any atom is 0.294 e. The van der Waals surface area contributed by atoms with Gasteiger partial charge < -0.3 is 23.5 Å². The molecule has 36 heavy (non-hydrogen) atoms. The summed E-state index contributed by atoms with van der Waals surface area (Å²) >= 11 is 1.38. The Labute approximate surface area is 212 Å². The molecule has 1 atom stereocenters.